The van der Waals surface area contributed by atoms with Crippen molar-refractivity contribution < 1.29 is 18.7 Å². The normalized spacial score (nSPS) is 42.4. The fourth-order valence-corrected chi connectivity index (χ4v) is 9.12. The number of hydrogen-bond acceptors (Lipinski definition) is 4. The molecule has 0 amide bonds. The molecule has 8 atom stereocenters. The number of aliphatic hydroxyl groups is 1. The van der Waals surface area contributed by atoms with E-state index in [0.717, 1.165) is 51.0 Å². The van der Waals surface area contributed by atoms with Crippen LogP contribution in [0.1, 0.15) is 89.9 Å². The maximum Gasteiger partial charge on any atom is 0.160 e. The Kier molecular flexibility index (Phi) is 6.33. The van der Waals surface area contributed by atoms with Gasteiger partial charge in [0.1, 0.15) is 6.54 Å². The van der Waals surface area contributed by atoms with E-state index in [0.29, 0.717) is 40.5 Å². The summed E-state index contributed by atoms with van der Waals surface area (Å²) in [6.45, 7) is 11.5. The lowest BCUT2D eigenvalue weighted by molar-refractivity contribution is -0.151. The summed E-state index contributed by atoms with van der Waals surface area (Å²) in [5.74, 6) is 0.279. The van der Waals surface area contributed by atoms with Crippen molar-refractivity contribution in [3.63, 3.8) is 0 Å². The van der Waals surface area contributed by atoms with E-state index in [1.165, 1.54) is 17.5 Å². The van der Waals surface area contributed by atoms with E-state index in [1.807, 2.05) is 6.92 Å². The van der Waals surface area contributed by atoms with Gasteiger partial charge in [-0.1, -0.05) is 25.6 Å². The van der Waals surface area contributed by atoms with Crippen molar-refractivity contribution in [2.45, 2.75) is 97.6 Å². The number of ketones is 1. The highest BCUT2D eigenvalue weighted by Gasteiger charge is 2.61. The second-order valence-corrected chi connectivity index (χ2v) is 13.1. The summed E-state index contributed by atoms with van der Waals surface area (Å²) in [7, 11) is 0. The highest BCUT2D eigenvalue weighted by atomic mass is 19.2. The van der Waals surface area contributed by atoms with Crippen LogP contribution in [0.5, 0.6) is 0 Å². The van der Waals surface area contributed by atoms with Crippen molar-refractivity contribution in [3.05, 3.63) is 29.6 Å². The largest absolute Gasteiger partial charge is 0.390 e. The van der Waals surface area contributed by atoms with Crippen molar-refractivity contribution in [1.82, 2.24) is 15.0 Å². The Morgan fingerprint density at radius 1 is 1.08 bits per heavy atom. The molecule has 36 heavy (non-hydrogen) atoms. The summed E-state index contributed by atoms with van der Waals surface area (Å²) in [6.07, 6.45) is 10.5. The van der Waals surface area contributed by atoms with E-state index in [1.54, 1.807) is 6.92 Å². The SMILES string of the molecule is C=C(F)/C(F)=C\c1c(C)nnn1CC(=O)[C@H]1CC[C@H]2[C@@H]3CC[C@@H]4C[C@](C)(O)CC[C@]4(C)[C@H]3CC[C@]12C. The fourth-order valence-electron chi connectivity index (χ4n) is 9.12. The van der Waals surface area contributed by atoms with Crippen LogP contribution >= 0.6 is 0 Å². The minimum absolute atomic E-state index is 0.0225. The summed E-state index contributed by atoms with van der Waals surface area (Å²) in [5, 5.41) is 18.8. The molecule has 5 rings (SSSR count). The first-order valence-corrected chi connectivity index (χ1v) is 13.7. The third kappa shape index (κ3) is 4.10. The molecule has 0 saturated heterocycles. The first-order valence-electron chi connectivity index (χ1n) is 13.7. The number of nitrogens with zero attached hydrogens (tertiary/aromatic N) is 3. The van der Waals surface area contributed by atoms with Gasteiger partial charge in [-0.3, -0.25) is 4.79 Å². The third-order valence-corrected chi connectivity index (χ3v) is 11.1. The molecule has 0 spiro atoms. The number of carbonyl (C=O) groups excluding carboxylic acids is 1. The lowest BCUT2D eigenvalue weighted by Gasteiger charge is -2.61. The van der Waals surface area contributed by atoms with Crippen LogP contribution in [0, 0.1) is 47.3 Å². The lowest BCUT2D eigenvalue weighted by Crippen LogP contribution is -2.55. The molecule has 4 saturated carbocycles. The van der Waals surface area contributed by atoms with Gasteiger partial charge < -0.3 is 5.11 Å². The van der Waals surface area contributed by atoms with Crippen LogP contribution in [0.2, 0.25) is 0 Å². The minimum Gasteiger partial charge on any atom is -0.390 e. The van der Waals surface area contributed by atoms with E-state index in [9.17, 15) is 18.7 Å². The van der Waals surface area contributed by atoms with E-state index in [-0.39, 0.29) is 23.7 Å². The number of aromatic nitrogens is 3. The molecule has 1 aromatic heterocycles. The van der Waals surface area contributed by atoms with E-state index >= 15 is 0 Å². The zero-order valence-electron chi connectivity index (χ0n) is 22.2. The van der Waals surface area contributed by atoms with Crippen LogP contribution in [0.4, 0.5) is 8.78 Å². The molecular formula is C29H41F2N3O2. The van der Waals surface area contributed by atoms with Crippen molar-refractivity contribution in [2.75, 3.05) is 0 Å². The van der Waals surface area contributed by atoms with Gasteiger partial charge in [-0.05, 0) is 106 Å². The Morgan fingerprint density at radius 3 is 2.53 bits per heavy atom. The number of halogens is 2. The van der Waals surface area contributed by atoms with Crippen LogP contribution in [0.25, 0.3) is 6.08 Å². The lowest BCUT2D eigenvalue weighted by atomic mass is 9.44. The number of hydrogen-bond donors (Lipinski definition) is 1. The highest BCUT2D eigenvalue weighted by Crippen LogP contribution is 2.68. The maximum absolute atomic E-state index is 13.9. The second-order valence-electron chi connectivity index (χ2n) is 13.1. The van der Waals surface area contributed by atoms with Gasteiger partial charge in [0.15, 0.2) is 17.4 Å². The topological polar surface area (TPSA) is 68.0 Å². The van der Waals surface area contributed by atoms with Gasteiger partial charge in [0.2, 0.25) is 0 Å². The Balaban J connectivity index is 1.34. The quantitative estimate of drug-likeness (QED) is 0.477. The monoisotopic (exact) mass is 501 g/mol. The molecule has 0 aliphatic heterocycles. The molecule has 1 aromatic rings. The minimum atomic E-state index is -1.15. The summed E-state index contributed by atoms with van der Waals surface area (Å²) < 4.78 is 28.6. The van der Waals surface area contributed by atoms with E-state index < -0.39 is 17.3 Å². The summed E-state index contributed by atoms with van der Waals surface area (Å²) in [5.41, 5.74) is 0.484. The molecule has 1 heterocycles. The molecule has 0 radical (unpaired) electrons. The van der Waals surface area contributed by atoms with Crippen molar-refractivity contribution in [2.24, 2.45) is 40.4 Å². The molecule has 4 aliphatic carbocycles. The zero-order valence-corrected chi connectivity index (χ0v) is 22.2. The van der Waals surface area contributed by atoms with Gasteiger partial charge in [0.25, 0.3) is 0 Å². The Hall–Kier alpha value is -1.89. The molecule has 5 nitrogen and oxygen atoms in total. The number of Topliss-reactive ketones (excluding diaryl/α,β-unsaturated/α-hetero) is 1. The zero-order chi connectivity index (χ0) is 26.0. The summed E-state index contributed by atoms with van der Waals surface area (Å²) >= 11 is 0. The Labute approximate surface area is 213 Å². The molecule has 1 N–H and O–H groups in total. The van der Waals surface area contributed by atoms with Gasteiger partial charge in [-0.15, -0.1) is 5.10 Å². The molecule has 0 unspecified atom stereocenters. The van der Waals surface area contributed by atoms with E-state index in [2.05, 4.69) is 30.7 Å². The molecular weight excluding hydrogens is 460 g/mol. The van der Waals surface area contributed by atoms with Gasteiger partial charge in [-0.25, -0.2) is 13.5 Å². The third-order valence-electron chi connectivity index (χ3n) is 11.1. The number of rotatable bonds is 5. The Bertz CT molecular complexity index is 1090. The Morgan fingerprint density at radius 2 is 1.81 bits per heavy atom. The maximum atomic E-state index is 13.9. The first-order chi connectivity index (χ1) is 16.9. The predicted octanol–water partition coefficient (Wildman–Crippen LogP) is 6.36. The molecule has 0 aromatic carbocycles. The second kappa shape index (κ2) is 8.85. The van der Waals surface area contributed by atoms with Crippen LogP contribution < -0.4 is 0 Å². The summed E-state index contributed by atoms with van der Waals surface area (Å²) in [4.78, 5) is 13.7. The number of carbonyl (C=O) groups is 1. The number of allylic oxidation sites excluding steroid dienone is 2. The number of aryl methyl sites for hydroxylation is 1. The molecule has 4 fully saturated rings. The standard InChI is InChI=1S/C29H41F2N3O2/c1-17(30)24(31)14-25-18(2)32-33-34(25)16-26(35)23-9-8-21-20-7-6-19-15-27(3,36)12-13-28(19,4)22(20)10-11-29(21,23)5/h14,19-23,36H,1,6-13,15-16H2,2-5H3/b24-14+/t19-,20+,21+,22+,23-,27-,28+,29+/m1/s1. The predicted molar refractivity (Wildman–Crippen MR) is 135 cm³/mol. The summed E-state index contributed by atoms with van der Waals surface area (Å²) in [6, 6.07) is 0. The average Bonchev–Trinajstić information content (AvgIpc) is 3.33. The molecule has 4 aliphatic rings. The van der Waals surface area contributed by atoms with Gasteiger partial charge in [-0.2, -0.15) is 0 Å². The molecule has 198 valence electrons. The average molecular weight is 502 g/mol. The van der Waals surface area contributed by atoms with Crippen molar-refractivity contribution >= 4 is 11.9 Å². The van der Waals surface area contributed by atoms with Crippen LogP contribution in [0.15, 0.2) is 18.2 Å². The number of fused-ring (bicyclic) bond motifs is 5. The van der Waals surface area contributed by atoms with E-state index in [4.69, 9.17) is 0 Å². The highest BCUT2D eigenvalue weighted by molar-refractivity contribution is 5.82. The van der Waals surface area contributed by atoms with Crippen molar-refractivity contribution in [1.29, 1.82) is 0 Å². The van der Waals surface area contributed by atoms with Gasteiger partial charge in [0, 0.05) is 12.0 Å². The molecule has 7 heteroatoms. The van der Waals surface area contributed by atoms with Crippen LogP contribution in [-0.2, 0) is 11.3 Å². The van der Waals surface area contributed by atoms with Crippen molar-refractivity contribution in [3.8, 4) is 0 Å². The van der Waals surface area contributed by atoms with Crippen LogP contribution in [-0.4, -0.2) is 31.5 Å². The molecule has 0 bridgehead atoms. The van der Waals surface area contributed by atoms with Gasteiger partial charge in [0.05, 0.1) is 17.0 Å². The smallest absolute Gasteiger partial charge is 0.160 e. The fraction of sp³-hybridized carbons (Fsp3) is 0.759. The first kappa shape index (κ1) is 25.7. The van der Waals surface area contributed by atoms with Crippen LogP contribution in [0.3, 0.4) is 0 Å². The van der Waals surface area contributed by atoms with Gasteiger partial charge >= 0.3 is 0 Å².